The summed E-state index contributed by atoms with van der Waals surface area (Å²) >= 11 is 0. The molecule has 1 aromatic carbocycles. The Bertz CT molecular complexity index is 467. The number of hydrogen-bond acceptors (Lipinski definition) is 3. The number of methoxy groups -OCH3 is 1. The number of Topliss-reactive ketones (excluding diaryl/α,β-unsaturated/α-hetero) is 1. The number of aryl methyl sites for hydroxylation is 1. The van der Waals surface area contributed by atoms with Crippen molar-refractivity contribution in [1.82, 2.24) is 0 Å². The van der Waals surface area contributed by atoms with Crippen molar-refractivity contribution < 1.29 is 14.3 Å². The third-order valence-corrected chi connectivity index (χ3v) is 4.03. The molecule has 102 valence electrons. The van der Waals surface area contributed by atoms with Gasteiger partial charge in [-0.15, -0.1) is 0 Å². The van der Waals surface area contributed by atoms with Crippen LogP contribution in [0.3, 0.4) is 0 Å². The minimum Gasteiger partial charge on any atom is -0.468 e. The van der Waals surface area contributed by atoms with Crippen LogP contribution < -0.4 is 0 Å². The van der Waals surface area contributed by atoms with Crippen LogP contribution in [0.5, 0.6) is 0 Å². The number of ketones is 1. The van der Waals surface area contributed by atoms with Crippen molar-refractivity contribution in [3.05, 3.63) is 35.4 Å². The quantitative estimate of drug-likeness (QED) is 0.476. The Hall–Kier alpha value is -1.64. The van der Waals surface area contributed by atoms with Crippen LogP contribution in [0.1, 0.15) is 48.0 Å². The van der Waals surface area contributed by atoms with Gasteiger partial charge in [0, 0.05) is 5.56 Å². The lowest BCUT2D eigenvalue weighted by Gasteiger charge is -2.33. The predicted octanol–water partition coefficient (Wildman–Crippen LogP) is 3.30. The van der Waals surface area contributed by atoms with Crippen molar-refractivity contribution in [2.75, 3.05) is 7.11 Å². The highest BCUT2D eigenvalue weighted by atomic mass is 16.5. The second-order valence-electron chi connectivity index (χ2n) is 5.33. The van der Waals surface area contributed by atoms with E-state index in [-0.39, 0.29) is 11.8 Å². The van der Waals surface area contributed by atoms with Gasteiger partial charge in [0.25, 0.3) is 0 Å². The molecule has 0 atom stereocenters. The average Bonchev–Trinajstić information content (AvgIpc) is 2.47. The maximum absolute atomic E-state index is 12.7. The van der Waals surface area contributed by atoms with Crippen LogP contribution >= 0.6 is 0 Å². The van der Waals surface area contributed by atoms with Gasteiger partial charge >= 0.3 is 5.97 Å². The second-order valence-corrected chi connectivity index (χ2v) is 5.33. The van der Waals surface area contributed by atoms with Gasteiger partial charge in [0.15, 0.2) is 5.78 Å². The zero-order valence-electron chi connectivity index (χ0n) is 11.6. The summed E-state index contributed by atoms with van der Waals surface area (Å²) in [5, 5.41) is 0. The Morgan fingerprint density at radius 3 is 2.16 bits per heavy atom. The van der Waals surface area contributed by atoms with Crippen molar-refractivity contribution in [1.29, 1.82) is 0 Å². The summed E-state index contributed by atoms with van der Waals surface area (Å²) in [6, 6.07) is 7.41. The van der Waals surface area contributed by atoms with Gasteiger partial charge in [-0.2, -0.15) is 0 Å². The van der Waals surface area contributed by atoms with Crippen LogP contribution in [-0.2, 0) is 9.53 Å². The molecule has 0 aliphatic heterocycles. The molecule has 3 heteroatoms. The minimum atomic E-state index is -0.956. The lowest BCUT2D eigenvalue weighted by atomic mass is 9.69. The first-order valence-electron chi connectivity index (χ1n) is 6.80. The Morgan fingerprint density at radius 1 is 1.05 bits per heavy atom. The molecule has 0 saturated heterocycles. The molecule has 1 aliphatic carbocycles. The summed E-state index contributed by atoms with van der Waals surface area (Å²) < 4.78 is 4.90. The number of carbonyl (C=O) groups excluding carboxylic acids is 2. The van der Waals surface area contributed by atoms with E-state index in [4.69, 9.17) is 4.74 Å². The Kier molecular flexibility index (Phi) is 4.03. The highest BCUT2D eigenvalue weighted by molar-refractivity contribution is 6.12. The molecule has 1 aliphatic rings. The first kappa shape index (κ1) is 13.8. The van der Waals surface area contributed by atoms with Crippen molar-refractivity contribution >= 4 is 11.8 Å². The predicted molar refractivity (Wildman–Crippen MR) is 73.0 cm³/mol. The van der Waals surface area contributed by atoms with Crippen LogP contribution in [0.2, 0.25) is 0 Å². The van der Waals surface area contributed by atoms with Gasteiger partial charge in [-0.25, -0.2) is 0 Å². The molecule has 0 spiro atoms. The highest BCUT2D eigenvalue weighted by Crippen LogP contribution is 2.40. The first-order chi connectivity index (χ1) is 9.10. The molecule has 0 heterocycles. The number of rotatable bonds is 3. The monoisotopic (exact) mass is 260 g/mol. The van der Waals surface area contributed by atoms with E-state index in [1.54, 1.807) is 12.1 Å². The fraction of sp³-hybridized carbons (Fsp3) is 0.500. The number of hydrogen-bond donors (Lipinski definition) is 0. The molecule has 3 nitrogen and oxygen atoms in total. The van der Waals surface area contributed by atoms with Crippen LogP contribution in [0.25, 0.3) is 0 Å². The topological polar surface area (TPSA) is 43.4 Å². The number of benzene rings is 1. The van der Waals surface area contributed by atoms with Gasteiger partial charge in [-0.05, 0) is 19.8 Å². The third kappa shape index (κ3) is 2.55. The molecule has 19 heavy (non-hydrogen) atoms. The SMILES string of the molecule is COC(=O)C1(C(=O)c2ccc(C)cc2)CCCCC1. The van der Waals surface area contributed by atoms with Crippen LogP contribution in [0, 0.1) is 12.3 Å². The van der Waals surface area contributed by atoms with E-state index in [1.807, 2.05) is 19.1 Å². The smallest absolute Gasteiger partial charge is 0.319 e. The van der Waals surface area contributed by atoms with E-state index < -0.39 is 5.41 Å². The molecule has 0 amide bonds. The van der Waals surface area contributed by atoms with E-state index in [2.05, 4.69) is 0 Å². The molecule has 2 rings (SSSR count). The van der Waals surface area contributed by atoms with Gasteiger partial charge < -0.3 is 4.74 Å². The second kappa shape index (κ2) is 5.55. The molecule has 1 aromatic rings. The number of carbonyl (C=O) groups is 2. The van der Waals surface area contributed by atoms with E-state index in [0.717, 1.165) is 24.8 Å². The van der Waals surface area contributed by atoms with Crippen LogP contribution in [0.4, 0.5) is 0 Å². The third-order valence-electron chi connectivity index (χ3n) is 4.03. The first-order valence-corrected chi connectivity index (χ1v) is 6.80. The lowest BCUT2D eigenvalue weighted by Crippen LogP contribution is -2.42. The molecular weight excluding hydrogens is 240 g/mol. The van der Waals surface area contributed by atoms with E-state index in [1.165, 1.54) is 7.11 Å². The number of ether oxygens (including phenoxy) is 1. The lowest BCUT2D eigenvalue weighted by molar-refractivity contribution is -0.151. The zero-order chi connectivity index (χ0) is 13.9. The van der Waals surface area contributed by atoms with Crippen LogP contribution in [0.15, 0.2) is 24.3 Å². The van der Waals surface area contributed by atoms with Crippen molar-refractivity contribution in [2.45, 2.75) is 39.0 Å². The summed E-state index contributed by atoms with van der Waals surface area (Å²) in [6.45, 7) is 1.98. The van der Waals surface area contributed by atoms with Crippen molar-refractivity contribution in [2.24, 2.45) is 5.41 Å². The van der Waals surface area contributed by atoms with E-state index in [0.29, 0.717) is 18.4 Å². The van der Waals surface area contributed by atoms with Crippen molar-refractivity contribution in [3.63, 3.8) is 0 Å². The fourth-order valence-corrected chi connectivity index (χ4v) is 2.86. The Balaban J connectivity index is 2.35. The number of esters is 1. The molecule has 0 N–H and O–H groups in total. The Labute approximate surface area is 114 Å². The van der Waals surface area contributed by atoms with Gasteiger partial charge in [0.1, 0.15) is 5.41 Å². The van der Waals surface area contributed by atoms with Gasteiger partial charge in [-0.1, -0.05) is 49.1 Å². The van der Waals surface area contributed by atoms with Gasteiger partial charge in [-0.3, -0.25) is 9.59 Å². The summed E-state index contributed by atoms with van der Waals surface area (Å²) in [7, 11) is 1.36. The average molecular weight is 260 g/mol. The normalized spacial score (nSPS) is 17.8. The highest BCUT2D eigenvalue weighted by Gasteiger charge is 2.47. The Morgan fingerprint density at radius 2 is 1.63 bits per heavy atom. The van der Waals surface area contributed by atoms with Gasteiger partial charge in [0.2, 0.25) is 0 Å². The van der Waals surface area contributed by atoms with Crippen LogP contribution in [-0.4, -0.2) is 18.9 Å². The van der Waals surface area contributed by atoms with Gasteiger partial charge in [0.05, 0.1) is 7.11 Å². The minimum absolute atomic E-state index is 0.0842. The largest absolute Gasteiger partial charge is 0.468 e. The maximum Gasteiger partial charge on any atom is 0.319 e. The summed E-state index contributed by atoms with van der Waals surface area (Å²) in [5.41, 5.74) is 0.757. The molecule has 1 saturated carbocycles. The van der Waals surface area contributed by atoms with E-state index in [9.17, 15) is 9.59 Å². The summed E-state index contributed by atoms with van der Waals surface area (Å²) in [5.74, 6) is -0.461. The zero-order valence-corrected chi connectivity index (χ0v) is 11.6. The summed E-state index contributed by atoms with van der Waals surface area (Å²) in [4.78, 5) is 24.9. The maximum atomic E-state index is 12.7. The molecular formula is C16H20O3. The molecule has 0 aromatic heterocycles. The molecule has 0 bridgehead atoms. The van der Waals surface area contributed by atoms with E-state index >= 15 is 0 Å². The van der Waals surface area contributed by atoms with Crippen molar-refractivity contribution in [3.8, 4) is 0 Å². The standard InChI is InChI=1S/C16H20O3/c1-12-6-8-13(9-7-12)14(17)16(15(18)19-2)10-4-3-5-11-16/h6-9H,3-5,10-11H2,1-2H3. The summed E-state index contributed by atoms with van der Waals surface area (Å²) in [6.07, 6.45) is 4.11. The molecule has 0 unspecified atom stereocenters. The molecule has 1 fully saturated rings. The fourth-order valence-electron chi connectivity index (χ4n) is 2.86. The molecule has 0 radical (unpaired) electrons.